The topological polar surface area (TPSA) is 51.4 Å². The SMILES string of the molecule is COc1c(N)nsc1N(C)Cc1ccccc1F. The second-order valence-electron chi connectivity index (χ2n) is 3.85. The molecule has 0 saturated heterocycles. The molecule has 4 nitrogen and oxygen atoms in total. The minimum atomic E-state index is -0.221. The highest BCUT2D eigenvalue weighted by Gasteiger charge is 2.16. The summed E-state index contributed by atoms with van der Waals surface area (Å²) in [5.74, 6) is 0.678. The Bertz CT molecular complexity index is 544. The van der Waals surface area contributed by atoms with E-state index in [0.29, 0.717) is 23.7 Å². The van der Waals surface area contributed by atoms with E-state index in [1.165, 1.54) is 17.6 Å². The van der Waals surface area contributed by atoms with Gasteiger partial charge < -0.3 is 15.4 Å². The van der Waals surface area contributed by atoms with Gasteiger partial charge in [0, 0.05) is 19.2 Å². The molecular weight excluding hydrogens is 253 g/mol. The van der Waals surface area contributed by atoms with E-state index in [2.05, 4.69) is 4.37 Å². The Kier molecular flexibility index (Phi) is 3.66. The molecule has 6 heteroatoms. The van der Waals surface area contributed by atoms with Crippen LogP contribution in [0.3, 0.4) is 0 Å². The van der Waals surface area contributed by atoms with Crippen molar-refractivity contribution in [1.82, 2.24) is 4.37 Å². The van der Waals surface area contributed by atoms with Gasteiger partial charge in [0.25, 0.3) is 0 Å². The molecular formula is C12H14FN3OS. The van der Waals surface area contributed by atoms with E-state index in [1.54, 1.807) is 19.2 Å². The summed E-state index contributed by atoms with van der Waals surface area (Å²) in [6, 6.07) is 6.68. The van der Waals surface area contributed by atoms with Crippen LogP contribution in [0.2, 0.25) is 0 Å². The zero-order valence-electron chi connectivity index (χ0n) is 10.2. The van der Waals surface area contributed by atoms with Crippen molar-refractivity contribution in [2.24, 2.45) is 0 Å². The summed E-state index contributed by atoms with van der Waals surface area (Å²) in [4.78, 5) is 1.87. The van der Waals surface area contributed by atoms with Crippen LogP contribution in [0.15, 0.2) is 24.3 Å². The fourth-order valence-electron chi connectivity index (χ4n) is 1.67. The second-order valence-corrected chi connectivity index (χ2v) is 4.61. The first-order valence-corrected chi connectivity index (χ1v) is 6.14. The van der Waals surface area contributed by atoms with Gasteiger partial charge in [-0.3, -0.25) is 0 Å². The summed E-state index contributed by atoms with van der Waals surface area (Å²) in [5, 5.41) is 0.790. The van der Waals surface area contributed by atoms with Gasteiger partial charge in [0.2, 0.25) is 0 Å². The van der Waals surface area contributed by atoms with Gasteiger partial charge in [0.1, 0.15) is 5.82 Å². The molecule has 0 spiro atoms. The Labute approximate surface area is 109 Å². The summed E-state index contributed by atoms with van der Waals surface area (Å²) >= 11 is 1.24. The van der Waals surface area contributed by atoms with E-state index in [9.17, 15) is 4.39 Å². The van der Waals surface area contributed by atoms with E-state index in [1.807, 2.05) is 18.0 Å². The van der Waals surface area contributed by atoms with E-state index in [0.717, 1.165) is 5.00 Å². The van der Waals surface area contributed by atoms with Crippen molar-refractivity contribution in [2.75, 3.05) is 24.8 Å². The Morgan fingerprint density at radius 3 is 2.83 bits per heavy atom. The lowest BCUT2D eigenvalue weighted by Crippen LogP contribution is -2.16. The molecule has 1 aromatic heterocycles. The normalized spacial score (nSPS) is 10.4. The predicted octanol–water partition coefficient (Wildman–Crippen LogP) is 2.51. The zero-order valence-corrected chi connectivity index (χ0v) is 11.0. The number of aromatic nitrogens is 1. The zero-order chi connectivity index (χ0) is 13.1. The average Bonchev–Trinajstić information content (AvgIpc) is 2.73. The number of hydrogen-bond donors (Lipinski definition) is 1. The fraction of sp³-hybridized carbons (Fsp3) is 0.250. The quantitative estimate of drug-likeness (QED) is 0.924. The standard InChI is InChI=1S/C12H14FN3OS/c1-16(7-8-5-3-4-6-9(8)13)12-10(17-2)11(14)15-18-12/h3-6H,7H2,1-2H3,(H2,14,15). The van der Waals surface area contributed by atoms with Gasteiger partial charge in [-0.15, -0.1) is 0 Å². The minimum Gasteiger partial charge on any atom is -0.490 e. The summed E-state index contributed by atoms with van der Waals surface area (Å²) < 4.78 is 22.8. The number of nitrogens with two attached hydrogens (primary N) is 1. The number of ether oxygens (including phenoxy) is 1. The highest BCUT2D eigenvalue weighted by Crippen LogP contribution is 2.37. The molecule has 0 amide bonds. The molecule has 2 N–H and O–H groups in total. The maximum Gasteiger partial charge on any atom is 0.197 e. The van der Waals surface area contributed by atoms with E-state index in [-0.39, 0.29) is 5.82 Å². The molecule has 2 rings (SSSR count). The Balaban J connectivity index is 2.22. The summed E-state index contributed by atoms with van der Waals surface area (Å²) in [6.45, 7) is 0.435. The first-order chi connectivity index (χ1) is 8.63. The van der Waals surface area contributed by atoms with Gasteiger partial charge in [-0.2, -0.15) is 4.37 Å². The summed E-state index contributed by atoms with van der Waals surface area (Å²) in [5.41, 5.74) is 6.31. The number of nitrogens with zero attached hydrogens (tertiary/aromatic N) is 2. The Morgan fingerprint density at radius 1 is 1.44 bits per heavy atom. The highest BCUT2D eigenvalue weighted by molar-refractivity contribution is 7.11. The van der Waals surface area contributed by atoms with Crippen LogP contribution >= 0.6 is 11.5 Å². The van der Waals surface area contributed by atoms with Crippen LogP contribution in [-0.2, 0) is 6.54 Å². The van der Waals surface area contributed by atoms with E-state index in [4.69, 9.17) is 10.5 Å². The number of benzene rings is 1. The molecule has 0 saturated carbocycles. The molecule has 0 atom stereocenters. The third kappa shape index (κ3) is 2.38. The monoisotopic (exact) mass is 267 g/mol. The van der Waals surface area contributed by atoms with E-state index < -0.39 is 0 Å². The van der Waals surface area contributed by atoms with Crippen molar-refractivity contribution in [2.45, 2.75) is 6.54 Å². The number of halogens is 1. The van der Waals surface area contributed by atoms with Gasteiger partial charge in [0.15, 0.2) is 16.6 Å². The lowest BCUT2D eigenvalue weighted by atomic mass is 10.2. The van der Waals surface area contributed by atoms with Gasteiger partial charge in [-0.25, -0.2) is 4.39 Å². The van der Waals surface area contributed by atoms with Crippen LogP contribution in [0.5, 0.6) is 5.75 Å². The lowest BCUT2D eigenvalue weighted by Gasteiger charge is -2.18. The van der Waals surface area contributed by atoms with Crippen LogP contribution < -0.4 is 15.4 Å². The van der Waals surface area contributed by atoms with Crippen LogP contribution in [0.1, 0.15) is 5.56 Å². The molecule has 0 bridgehead atoms. The molecule has 0 fully saturated rings. The highest BCUT2D eigenvalue weighted by atomic mass is 32.1. The molecule has 1 heterocycles. The van der Waals surface area contributed by atoms with Gasteiger partial charge in [-0.1, -0.05) is 18.2 Å². The van der Waals surface area contributed by atoms with Gasteiger partial charge in [0.05, 0.1) is 7.11 Å². The van der Waals surface area contributed by atoms with Crippen molar-refractivity contribution in [3.8, 4) is 5.75 Å². The molecule has 2 aromatic rings. The number of nitrogen functional groups attached to an aromatic ring is 1. The molecule has 0 radical (unpaired) electrons. The summed E-state index contributed by atoms with van der Waals surface area (Å²) in [6.07, 6.45) is 0. The molecule has 1 aromatic carbocycles. The lowest BCUT2D eigenvalue weighted by molar-refractivity contribution is 0.418. The van der Waals surface area contributed by atoms with Gasteiger partial charge >= 0.3 is 0 Å². The molecule has 0 unspecified atom stereocenters. The molecule has 0 aliphatic heterocycles. The van der Waals surface area contributed by atoms with Crippen LogP contribution in [0.25, 0.3) is 0 Å². The van der Waals surface area contributed by atoms with Crippen molar-refractivity contribution in [3.63, 3.8) is 0 Å². The summed E-state index contributed by atoms with van der Waals surface area (Å²) in [7, 11) is 3.39. The third-order valence-electron chi connectivity index (χ3n) is 2.57. The Hall–Kier alpha value is -1.82. The predicted molar refractivity (Wildman–Crippen MR) is 71.6 cm³/mol. The van der Waals surface area contributed by atoms with Crippen molar-refractivity contribution in [3.05, 3.63) is 35.6 Å². The number of rotatable bonds is 4. The van der Waals surface area contributed by atoms with E-state index >= 15 is 0 Å². The maximum atomic E-state index is 13.6. The van der Waals surface area contributed by atoms with Crippen LogP contribution in [0, 0.1) is 5.82 Å². The van der Waals surface area contributed by atoms with Crippen LogP contribution in [-0.4, -0.2) is 18.5 Å². The fourth-order valence-corrected chi connectivity index (χ4v) is 2.42. The number of hydrogen-bond acceptors (Lipinski definition) is 5. The molecule has 0 aliphatic carbocycles. The molecule has 18 heavy (non-hydrogen) atoms. The van der Waals surface area contributed by atoms with Crippen molar-refractivity contribution >= 4 is 22.4 Å². The third-order valence-corrected chi connectivity index (χ3v) is 3.53. The number of anilines is 2. The smallest absolute Gasteiger partial charge is 0.197 e. The first kappa shape index (κ1) is 12.6. The number of methoxy groups -OCH3 is 1. The van der Waals surface area contributed by atoms with Crippen molar-refractivity contribution in [1.29, 1.82) is 0 Å². The Morgan fingerprint density at radius 2 is 2.17 bits per heavy atom. The maximum absolute atomic E-state index is 13.6. The van der Waals surface area contributed by atoms with Crippen molar-refractivity contribution < 1.29 is 9.13 Å². The van der Waals surface area contributed by atoms with Gasteiger partial charge in [-0.05, 0) is 17.6 Å². The van der Waals surface area contributed by atoms with Crippen LogP contribution in [0.4, 0.5) is 15.2 Å². The second kappa shape index (κ2) is 5.22. The first-order valence-electron chi connectivity index (χ1n) is 5.37. The average molecular weight is 267 g/mol. The molecule has 96 valence electrons. The largest absolute Gasteiger partial charge is 0.490 e. The molecule has 0 aliphatic rings. The minimum absolute atomic E-state index is 0.221.